The summed E-state index contributed by atoms with van der Waals surface area (Å²) in [5.74, 6) is -3.87. The molecule has 4 fully saturated rings. The van der Waals surface area contributed by atoms with E-state index in [0.717, 1.165) is 0 Å². The van der Waals surface area contributed by atoms with Crippen molar-refractivity contribution < 1.29 is 34.1 Å². The zero-order valence-corrected chi connectivity index (χ0v) is 19.9. The smallest absolute Gasteiger partial charge is 0.317 e. The van der Waals surface area contributed by atoms with Gasteiger partial charge < -0.3 is 19.7 Å². The van der Waals surface area contributed by atoms with E-state index >= 15 is 0 Å². The summed E-state index contributed by atoms with van der Waals surface area (Å²) >= 11 is 7.27. The minimum absolute atomic E-state index is 0.227. The van der Waals surface area contributed by atoms with Crippen molar-refractivity contribution in [3.8, 4) is 0 Å². The molecule has 0 aromatic rings. The van der Waals surface area contributed by atoms with Crippen molar-refractivity contribution in [2.45, 2.75) is 61.2 Å². The summed E-state index contributed by atoms with van der Waals surface area (Å²) < 4.78 is 10.9. The lowest BCUT2D eigenvalue weighted by Crippen LogP contribution is -2.52. The van der Waals surface area contributed by atoms with Gasteiger partial charge in [0, 0.05) is 24.1 Å². The van der Waals surface area contributed by atoms with Crippen LogP contribution < -0.4 is 0 Å². The van der Waals surface area contributed by atoms with Crippen molar-refractivity contribution in [3.05, 3.63) is 12.2 Å². The van der Waals surface area contributed by atoms with Crippen LogP contribution in [-0.4, -0.2) is 55.1 Å². The first kappa shape index (κ1) is 20.9. The topological polar surface area (TPSA) is 110 Å². The molecule has 164 valence electrons. The lowest BCUT2D eigenvalue weighted by Gasteiger charge is -2.45. The molecule has 1 spiro atoms. The van der Waals surface area contributed by atoms with Gasteiger partial charge in [-0.15, -0.1) is 0 Å². The molecule has 1 saturated heterocycles. The summed E-state index contributed by atoms with van der Waals surface area (Å²) in [7, 11) is 0. The number of rotatable bonds is 3. The number of carboxylic acid groups (broad SMARTS) is 1. The highest BCUT2D eigenvalue weighted by atomic mass is 79.9. The Labute approximate surface area is 190 Å². The minimum Gasteiger partial charge on any atom is -0.481 e. The molecule has 7 nitrogen and oxygen atoms in total. The highest BCUT2D eigenvalue weighted by Gasteiger charge is 2.85. The Kier molecular flexibility index (Phi) is 4.12. The zero-order valence-electron chi connectivity index (χ0n) is 16.7. The van der Waals surface area contributed by atoms with Crippen LogP contribution in [0.2, 0.25) is 0 Å². The molecular formula is C21H24Br2O7. The normalized spacial score (nSPS) is 55.0. The van der Waals surface area contributed by atoms with Crippen LogP contribution in [0.3, 0.4) is 0 Å². The number of hydrogen-bond donors (Lipinski definition) is 2. The molecule has 9 unspecified atom stereocenters. The van der Waals surface area contributed by atoms with E-state index < -0.39 is 62.2 Å². The maximum Gasteiger partial charge on any atom is 0.317 e. The molecule has 0 radical (unpaired) electrons. The number of halogens is 2. The van der Waals surface area contributed by atoms with Gasteiger partial charge in [-0.05, 0) is 50.2 Å². The number of carbonyl (C=O) groups is 3. The van der Waals surface area contributed by atoms with Crippen molar-refractivity contribution in [3.63, 3.8) is 0 Å². The van der Waals surface area contributed by atoms with E-state index in [2.05, 4.69) is 31.9 Å². The van der Waals surface area contributed by atoms with Crippen LogP contribution in [-0.2, 0) is 23.9 Å². The molecule has 4 bridgehead atoms. The minimum atomic E-state index is -1.29. The molecule has 4 aliphatic carbocycles. The number of carbonyl (C=O) groups excluding carboxylic acids is 2. The van der Waals surface area contributed by atoms with Crippen LogP contribution in [0.25, 0.3) is 0 Å². The van der Waals surface area contributed by atoms with Gasteiger partial charge in [0.25, 0.3) is 0 Å². The number of aliphatic carboxylic acids is 1. The standard InChI is InChI=1S/C21H24Br2O7/c1-10(24)29-12-4-6-21-11-3-5-20(28)8-18(11,7-19(20,23)9-22)13(15(25)26)14(21)17(12,2)16(27)30-21/h4,6,11-14,28H,3,5,7-9H2,1-2H3,(H,25,26). The third kappa shape index (κ3) is 2.08. The average Bonchev–Trinajstić information content (AvgIpc) is 3.05. The van der Waals surface area contributed by atoms with Crippen LogP contribution in [0.15, 0.2) is 12.2 Å². The van der Waals surface area contributed by atoms with Gasteiger partial charge in [0.15, 0.2) is 0 Å². The number of aliphatic hydroxyl groups is 1. The molecule has 5 rings (SSSR count). The fourth-order valence-corrected chi connectivity index (χ4v) is 9.41. The van der Waals surface area contributed by atoms with Gasteiger partial charge in [0.2, 0.25) is 0 Å². The number of ether oxygens (including phenoxy) is 2. The van der Waals surface area contributed by atoms with Crippen LogP contribution in [0.5, 0.6) is 0 Å². The van der Waals surface area contributed by atoms with E-state index in [1.165, 1.54) is 6.92 Å². The number of hydrogen-bond acceptors (Lipinski definition) is 6. The fourth-order valence-electron chi connectivity index (χ4n) is 7.83. The van der Waals surface area contributed by atoms with Crippen molar-refractivity contribution in [1.29, 1.82) is 0 Å². The molecule has 0 aromatic heterocycles. The van der Waals surface area contributed by atoms with E-state index in [9.17, 15) is 24.6 Å². The summed E-state index contributed by atoms with van der Waals surface area (Å²) in [5, 5.41) is 22.4. The van der Waals surface area contributed by atoms with Gasteiger partial charge in [-0.25, -0.2) is 0 Å². The van der Waals surface area contributed by atoms with E-state index in [-0.39, 0.29) is 5.92 Å². The highest BCUT2D eigenvalue weighted by molar-refractivity contribution is 9.12. The van der Waals surface area contributed by atoms with Crippen molar-refractivity contribution in [2.24, 2.45) is 28.6 Å². The van der Waals surface area contributed by atoms with Gasteiger partial charge in [-0.1, -0.05) is 31.9 Å². The highest BCUT2D eigenvalue weighted by Crippen LogP contribution is 2.79. The molecule has 5 aliphatic rings. The van der Waals surface area contributed by atoms with Crippen molar-refractivity contribution in [1.82, 2.24) is 0 Å². The molecule has 3 saturated carbocycles. The predicted molar refractivity (Wildman–Crippen MR) is 111 cm³/mol. The molecule has 2 N–H and O–H groups in total. The van der Waals surface area contributed by atoms with E-state index in [0.29, 0.717) is 31.0 Å². The number of esters is 2. The Hall–Kier alpha value is -0.930. The molecular weight excluding hydrogens is 524 g/mol. The Morgan fingerprint density at radius 3 is 2.67 bits per heavy atom. The Balaban J connectivity index is 1.72. The van der Waals surface area contributed by atoms with Gasteiger partial charge in [-0.3, -0.25) is 14.4 Å². The first-order valence-corrected chi connectivity index (χ1v) is 12.1. The second kappa shape index (κ2) is 5.90. The Morgan fingerprint density at radius 1 is 1.37 bits per heavy atom. The molecule has 1 heterocycles. The summed E-state index contributed by atoms with van der Waals surface area (Å²) in [6.45, 7) is 2.93. The second-order valence-corrected chi connectivity index (χ2v) is 12.1. The van der Waals surface area contributed by atoms with Crippen molar-refractivity contribution >= 4 is 49.8 Å². The third-order valence-corrected chi connectivity index (χ3v) is 11.8. The third-order valence-electron chi connectivity index (χ3n) is 8.84. The largest absolute Gasteiger partial charge is 0.481 e. The molecule has 0 aromatic carbocycles. The maximum atomic E-state index is 13.2. The van der Waals surface area contributed by atoms with E-state index in [4.69, 9.17) is 9.47 Å². The quantitative estimate of drug-likeness (QED) is 0.317. The van der Waals surface area contributed by atoms with Crippen molar-refractivity contribution in [2.75, 3.05) is 5.33 Å². The fraction of sp³-hybridized carbons (Fsp3) is 0.762. The monoisotopic (exact) mass is 546 g/mol. The first-order chi connectivity index (χ1) is 13.9. The molecule has 9 atom stereocenters. The van der Waals surface area contributed by atoms with Crippen LogP contribution in [0.1, 0.15) is 39.5 Å². The second-order valence-electron chi connectivity index (χ2n) is 10.0. The summed E-state index contributed by atoms with van der Waals surface area (Å²) in [4.78, 5) is 37.7. The summed E-state index contributed by atoms with van der Waals surface area (Å²) in [5.41, 5.74) is -4.14. The first-order valence-electron chi connectivity index (χ1n) is 10.2. The summed E-state index contributed by atoms with van der Waals surface area (Å²) in [6, 6.07) is 0. The average molecular weight is 548 g/mol. The molecule has 9 heteroatoms. The lowest BCUT2D eigenvalue weighted by molar-refractivity contribution is -0.167. The SMILES string of the molecule is CC(=O)OC1C=CC23OC(=O)C1(C)C2C(C(=O)O)C12CC(O)(CCC13)C(Br)(CBr)C2. The molecule has 30 heavy (non-hydrogen) atoms. The Bertz CT molecular complexity index is 904. The van der Waals surface area contributed by atoms with Gasteiger partial charge in [0.05, 0.1) is 15.8 Å². The van der Waals surface area contributed by atoms with E-state index in [1.54, 1.807) is 19.1 Å². The zero-order chi connectivity index (χ0) is 21.9. The lowest BCUT2D eigenvalue weighted by atomic mass is 9.61. The molecule has 0 amide bonds. The Morgan fingerprint density at radius 2 is 2.07 bits per heavy atom. The number of carboxylic acids is 1. The maximum absolute atomic E-state index is 13.2. The predicted octanol–water partition coefficient (Wildman–Crippen LogP) is 2.57. The number of fused-ring (bicyclic) bond motifs is 1. The number of alkyl halides is 2. The van der Waals surface area contributed by atoms with Crippen LogP contribution in [0, 0.1) is 28.6 Å². The van der Waals surface area contributed by atoms with Gasteiger partial charge in [0.1, 0.15) is 17.1 Å². The molecule has 1 aliphatic heterocycles. The van der Waals surface area contributed by atoms with Gasteiger partial charge in [-0.2, -0.15) is 0 Å². The van der Waals surface area contributed by atoms with Crippen LogP contribution >= 0.6 is 31.9 Å². The van der Waals surface area contributed by atoms with E-state index in [1.807, 2.05) is 0 Å². The van der Waals surface area contributed by atoms with Crippen LogP contribution in [0.4, 0.5) is 0 Å². The van der Waals surface area contributed by atoms with Gasteiger partial charge >= 0.3 is 17.9 Å². The summed E-state index contributed by atoms with van der Waals surface area (Å²) in [6.07, 6.45) is 4.43.